The van der Waals surface area contributed by atoms with E-state index in [0.29, 0.717) is 0 Å². The van der Waals surface area contributed by atoms with E-state index in [1.165, 1.54) is 18.2 Å². The van der Waals surface area contributed by atoms with Gasteiger partial charge in [-0.25, -0.2) is 33.8 Å². The Morgan fingerprint density at radius 3 is 1.35 bits per heavy atom. The molecule has 48 heavy (non-hydrogen) atoms. The molecule has 3 aromatic carbocycles. The van der Waals surface area contributed by atoms with Crippen LogP contribution >= 0.6 is 0 Å². The average molecular weight is 652 g/mol. The predicted molar refractivity (Wildman–Crippen MR) is 153 cm³/mol. The van der Waals surface area contributed by atoms with E-state index in [0.717, 1.165) is 48.5 Å². The zero-order valence-electron chi connectivity index (χ0n) is 23.3. The van der Waals surface area contributed by atoms with E-state index in [1.807, 2.05) is 0 Å². The van der Waals surface area contributed by atoms with Gasteiger partial charge in [0.1, 0.15) is 17.7 Å². The number of fused-ring (bicyclic) bond motifs is 2. The Balaban J connectivity index is 2.22. The lowest BCUT2D eigenvalue weighted by Crippen LogP contribution is -2.20. The summed E-state index contributed by atoms with van der Waals surface area (Å²) in [5.41, 5.74) is -18.2. The number of nitrogens with zero attached hydrogens (tertiary/aromatic N) is 6. The highest BCUT2D eigenvalue weighted by molar-refractivity contribution is 6.30. The maximum absolute atomic E-state index is 15.4. The van der Waals surface area contributed by atoms with Crippen molar-refractivity contribution in [3.63, 3.8) is 0 Å². The molecular formula is C34H8F8N6. The molecule has 0 atom stereocenters. The minimum Gasteiger partial charge on any atom is -0.237 e. The number of rotatable bonds is 2. The molecule has 0 bridgehead atoms. The maximum Gasteiger partial charge on any atom is 0.417 e. The number of halogens is 8. The number of alkyl halides is 6. The number of hydrogen-bond acceptors (Lipinski definition) is 3. The van der Waals surface area contributed by atoms with Crippen LogP contribution in [-0.2, 0) is 12.4 Å². The summed E-state index contributed by atoms with van der Waals surface area (Å²) in [4.78, 5) is 9.01. The van der Waals surface area contributed by atoms with Crippen molar-refractivity contribution in [2.75, 3.05) is 0 Å². The fourth-order valence-electron chi connectivity index (χ4n) is 5.82. The van der Waals surface area contributed by atoms with Gasteiger partial charge in [0, 0.05) is 16.7 Å². The molecule has 0 saturated heterocycles. The summed E-state index contributed by atoms with van der Waals surface area (Å²) in [6.45, 7) is 22.9. The molecule has 0 heterocycles. The molecule has 230 valence electrons. The lowest BCUT2D eigenvalue weighted by molar-refractivity contribution is -0.141. The number of hydrogen-bond donors (Lipinski definition) is 0. The highest BCUT2D eigenvalue weighted by atomic mass is 19.4. The first kappa shape index (κ1) is 32.4. The van der Waals surface area contributed by atoms with Crippen molar-refractivity contribution >= 4 is 33.6 Å². The maximum atomic E-state index is 15.4. The first-order valence-electron chi connectivity index (χ1n) is 12.9. The van der Waals surface area contributed by atoms with Gasteiger partial charge in [0.25, 0.3) is 11.4 Å². The molecule has 14 heteroatoms. The van der Waals surface area contributed by atoms with E-state index in [4.69, 9.17) is 19.7 Å². The Labute approximate surface area is 265 Å². The third kappa shape index (κ3) is 4.74. The molecule has 0 unspecified atom stereocenters. The summed E-state index contributed by atoms with van der Waals surface area (Å²) in [6.07, 6.45) is -11.3. The fourth-order valence-corrected chi connectivity index (χ4v) is 5.82. The van der Waals surface area contributed by atoms with Crippen molar-refractivity contribution < 1.29 is 35.1 Å². The summed E-state index contributed by atoms with van der Waals surface area (Å²) in [6, 6.07) is 11.1. The van der Waals surface area contributed by atoms with E-state index in [2.05, 4.69) is 14.5 Å². The quantitative estimate of drug-likeness (QED) is 0.157. The molecule has 0 aromatic heterocycles. The lowest BCUT2D eigenvalue weighted by atomic mass is 9.82. The van der Waals surface area contributed by atoms with Gasteiger partial charge in [0.05, 0.1) is 48.6 Å². The molecule has 0 amide bonds. The van der Waals surface area contributed by atoms with Crippen molar-refractivity contribution in [3.8, 4) is 18.2 Å². The van der Waals surface area contributed by atoms with Crippen LogP contribution in [0, 0.1) is 65.3 Å². The van der Waals surface area contributed by atoms with Gasteiger partial charge in [-0.2, -0.15) is 31.6 Å². The van der Waals surface area contributed by atoms with Crippen molar-refractivity contribution in [1.82, 2.24) is 0 Å². The molecule has 0 N–H and O–H groups in total. The first-order chi connectivity index (χ1) is 22.7. The van der Waals surface area contributed by atoms with Crippen LogP contribution in [-0.4, -0.2) is 0 Å². The average Bonchev–Trinajstić information content (AvgIpc) is 3.53. The second kappa shape index (κ2) is 11.4. The molecule has 3 aromatic rings. The van der Waals surface area contributed by atoms with E-state index < -0.39 is 102 Å². The largest absolute Gasteiger partial charge is 0.417 e. The molecule has 0 fully saturated rings. The van der Waals surface area contributed by atoms with Crippen LogP contribution in [0.5, 0.6) is 0 Å². The van der Waals surface area contributed by atoms with E-state index in [-0.39, 0.29) is 11.1 Å². The minimum absolute atomic E-state index is 0.316. The van der Waals surface area contributed by atoms with Crippen LogP contribution < -0.4 is 0 Å². The summed E-state index contributed by atoms with van der Waals surface area (Å²) in [5, 5.41) is 29.9. The first-order valence-corrected chi connectivity index (χ1v) is 12.9. The summed E-state index contributed by atoms with van der Waals surface area (Å²) in [7, 11) is 0. The van der Waals surface area contributed by atoms with Crippen molar-refractivity contribution in [3.05, 3.63) is 150 Å². The van der Waals surface area contributed by atoms with E-state index in [1.54, 1.807) is 0 Å². The monoisotopic (exact) mass is 652 g/mol. The molecule has 2 aliphatic rings. The molecule has 6 nitrogen and oxygen atoms in total. The second-order valence-electron chi connectivity index (χ2n) is 9.85. The zero-order valence-corrected chi connectivity index (χ0v) is 23.3. The van der Waals surface area contributed by atoms with Crippen LogP contribution in [0.15, 0.2) is 59.9 Å². The Bertz CT molecular complexity index is 2160. The smallest absolute Gasteiger partial charge is 0.237 e. The third-order valence-corrected chi connectivity index (χ3v) is 7.44. The molecular weight excluding hydrogens is 644 g/mol. The van der Waals surface area contributed by atoms with Crippen LogP contribution in [0.3, 0.4) is 0 Å². The second-order valence-corrected chi connectivity index (χ2v) is 9.85. The van der Waals surface area contributed by atoms with Gasteiger partial charge < -0.3 is 0 Å². The van der Waals surface area contributed by atoms with Gasteiger partial charge in [-0.15, -0.1) is 0 Å². The Hall–Kier alpha value is -7.00. The normalized spacial score (nSPS) is 15.7. The Morgan fingerprint density at radius 2 is 0.979 bits per heavy atom. The van der Waals surface area contributed by atoms with E-state index in [9.17, 15) is 24.6 Å². The van der Waals surface area contributed by atoms with Gasteiger partial charge >= 0.3 is 12.4 Å². The number of nitriles is 3. The molecule has 2 aliphatic carbocycles. The van der Waals surface area contributed by atoms with Crippen molar-refractivity contribution in [2.24, 2.45) is 0 Å². The van der Waals surface area contributed by atoms with Gasteiger partial charge in [-0.1, -0.05) is 24.3 Å². The van der Waals surface area contributed by atoms with Crippen molar-refractivity contribution in [1.29, 1.82) is 15.8 Å². The van der Waals surface area contributed by atoms with Crippen LogP contribution in [0.2, 0.25) is 0 Å². The summed E-state index contributed by atoms with van der Waals surface area (Å²) < 4.78 is 120. The minimum atomic E-state index is -5.67. The molecule has 5 rings (SSSR count). The Morgan fingerprint density at radius 1 is 0.583 bits per heavy atom. The van der Waals surface area contributed by atoms with Crippen LogP contribution in [0.25, 0.3) is 48.1 Å². The number of allylic oxidation sites excluding steroid dienone is 7. The summed E-state index contributed by atoms with van der Waals surface area (Å²) in [5.74, 6) is -1.73. The Kier molecular flexibility index (Phi) is 7.71. The molecule has 0 spiro atoms. The SMILES string of the molecule is [C-]#[N+]C1=C(c2ccc(F)cc2)/C(=C(/C#N)[N+]#[C-])c2c1c(C(F)(F)F)c1c(c2C(F)(F)F)C(C#N)=C(c2ccc(F)cc2)/C1=C(\C#N)[N+]#[C-]. The van der Waals surface area contributed by atoms with Crippen LogP contribution in [0.1, 0.15) is 44.5 Å². The fraction of sp³-hybridized carbons (Fsp3) is 0.0588. The topological polar surface area (TPSA) is 84.5 Å². The highest BCUT2D eigenvalue weighted by Gasteiger charge is 2.53. The lowest BCUT2D eigenvalue weighted by Gasteiger charge is -2.25. The van der Waals surface area contributed by atoms with Crippen LogP contribution in [0.4, 0.5) is 35.1 Å². The van der Waals surface area contributed by atoms with Crippen molar-refractivity contribution in [2.45, 2.75) is 12.4 Å². The van der Waals surface area contributed by atoms with Gasteiger partial charge in [0.2, 0.25) is 5.70 Å². The number of benzene rings is 3. The molecule has 0 radical (unpaired) electrons. The molecule has 0 aliphatic heterocycles. The highest BCUT2D eigenvalue weighted by Crippen LogP contribution is 2.63. The van der Waals surface area contributed by atoms with Gasteiger partial charge in [-0.3, -0.25) is 0 Å². The predicted octanol–water partition coefficient (Wildman–Crippen LogP) is 9.56. The standard InChI is InChI=1S/C34H8F8N6/c1-46-20(13-44)25-22(15-4-8-17(35)9-5-15)19(12-43)24-27(25)31(34(40,41)42)29-28(30(24)33(37,38)39)26(21(14-45)47-2)23(32(29)48-3)16-6-10-18(36)11-7-16/h4-11H/b25-20-,26-21+. The van der Waals surface area contributed by atoms with Gasteiger partial charge in [0.15, 0.2) is 0 Å². The van der Waals surface area contributed by atoms with E-state index >= 15 is 26.3 Å². The van der Waals surface area contributed by atoms with Gasteiger partial charge in [-0.05, 0) is 63.2 Å². The molecule has 0 saturated carbocycles. The summed E-state index contributed by atoms with van der Waals surface area (Å²) >= 11 is 0. The third-order valence-electron chi connectivity index (χ3n) is 7.44. The zero-order chi connectivity index (χ0) is 35.3.